The molecule has 0 aliphatic carbocycles. The monoisotopic (exact) mass is 271 g/mol. The van der Waals surface area contributed by atoms with Crippen molar-refractivity contribution in [3.8, 4) is 0 Å². The van der Waals surface area contributed by atoms with Crippen LogP contribution in [0.3, 0.4) is 0 Å². The van der Waals surface area contributed by atoms with E-state index in [1.807, 2.05) is 4.90 Å². The number of unbranched alkanes of at least 4 members (excludes halogenated alkanes) is 2. The van der Waals surface area contributed by atoms with Crippen LogP contribution in [-0.2, 0) is 9.59 Å². The van der Waals surface area contributed by atoms with Gasteiger partial charge in [0, 0.05) is 31.7 Å². The highest BCUT2D eigenvalue weighted by Crippen LogP contribution is 2.25. The number of thioether (sulfide) groups is 1. The lowest BCUT2D eigenvalue weighted by Crippen LogP contribution is -2.34. The average Bonchev–Trinajstić information content (AvgIpc) is 2.68. The molecule has 1 aliphatic heterocycles. The van der Waals surface area contributed by atoms with E-state index in [9.17, 15) is 9.59 Å². The first-order valence-electron chi connectivity index (χ1n) is 6.97. The van der Waals surface area contributed by atoms with Crippen LogP contribution < -0.4 is 0 Å². The van der Waals surface area contributed by atoms with Crippen molar-refractivity contribution >= 4 is 22.8 Å². The molecule has 1 heterocycles. The second-order valence-corrected chi connectivity index (χ2v) is 6.46. The normalized spacial score (nSPS) is 21.4. The van der Waals surface area contributed by atoms with Gasteiger partial charge in [-0.25, -0.2) is 0 Å². The fourth-order valence-corrected chi connectivity index (χ4v) is 3.12. The smallest absolute Gasteiger partial charge is 0.223 e. The largest absolute Gasteiger partial charge is 0.340 e. The van der Waals surface area contributed by atoms with E-state index in [1.54, 1.807) is 6.92 Å². The molecular formula is C14H25NO2S. The van der Waals surface area contributed by atoms with E-state index in [1.165, 1.54) is 31.0 Å². The number of hydrogen-bond acceptors (Lipinski definition) is 3. The molecule has 104 valence electrons. The second-order valence-electron chi connectivity index (χ2n) is 5.26. The zero-order valence-corrected chi connectivity index (χ0v) is 12.6. The number of carbonyl (C=O) groups excluding carboxylic acids is 2. The SMILES string of the molecule is CCCCCC(C)N1CC(CSC(C)=O)CC1=O. The van der Waals surface area contributed by atoms with Crippen LogP contribution in [0.2, 0.25) is 0 Å². The molecule has 0 aromatic rings. The molecule has 2 unspecified atom stereocenters. The van der Waals surface area contributed by atoms with Crippen molar-refractivity contribution in [1.29, 1.82) is 0 Å². The fraction of sp³-hybridized carbons (Fsp3) is 0.857. The van der Waals surface area contributed by atoms with Gasteiger partial charge in [0.2, 0.25) is 5.91 Å². The lowest BCUT2D eigenvalue weighted by Gasteiger charge is -2.24. The Bertz CT molecular complexity index is 294. The predicted molar refractivity (Wildman–Crippen MR) is 76.6 cm³/mol. The van der Waals surface area contributed by atoms with Crippen molar-refractivity contribution in [3.63, 3.8) is 0 Å². The zero-order chi connectivity index (χ0) is 13.5. The number of amides is 1. The van der Waals surface area contributed by atoms with Gasteiger partial charge in [-0.1, -0.05) is 37.9 Å². The number of likely N-dealkylation sites (tertiary alicyclic amines) is 1. The number of hydrogen-bond donors (Lipinski definition) is 0. The van der Waals surface area contributed by atoms with Gasteiger partial charge in [-0.2, -0.15) is 0 Å². The molecule has 18 heavy (non-hydrogen) atoms. The summed E-state index contributed by atoms with van der Waals surface area (Å²) in [6.45, 7) is 6.77. The molecule has 1 saturated heterocycles. The highest BCUT2D eigenvalue weighted by atomic mass is 32.2. The Morgan fingerprint density at radius 2 is 2.22 bits per heavy atom. The van der Waals surface area contributed by atoms with Gasteiger partial charge in [0.25, 0.3) is 0 Å². The molecule has 3 nitrogen and oxygen atoms in total. The van der Waals surface area contributed by atoms with Crippen LogP contribution in [0.25, 0.3) is 0 Å². The Morgan fingerprint density at radius 3 is 2.83 bits per heavy atom. The first-order valence-corrected chi connectivity index (χ1v) is 7.96. The minimum absolute atomic E-state index is 0.150. The first kappa shape index (κ1) is 15.5. The minimum atomic E-state index is 0.150. The van der Waals surface area contributed by atoms with Crippen LogP contribution in [0.4, 0.5) is 0 Å². The van der Waals surface area contributed by atoms with Crippen molar-refractivity contribution in [2.45, 2.75) is 58.9 Å². The molecular weight excluding hydrogens is 246 g/mol. The summed E-state index contributed by atoms with van der Waals surface area (Å²) in [5, 5.41) is 0.150. The molecule has 1 rings (SSSR count). The van der Waals surface area contributed by atoms with Crippen LogP contribution in [0.5, 0.6) is 0 Å². The summed E-state index contributed by atoms with van der Waals surface area (Å²) >= 11 is 1.35. The third-order valence-corrected chi connectivity index (χ3v) is 4.56. The average molecular weight is 271 g/mol. The lowest BCUT2D eigenvalue weighted by atomic mass is 10.1. The van der Waals surface area contributed by atoms with Gasteiger partial charge in [-0.05, 0) is 19.3 Å². The molecule has 1 fully saturated rings. The topological polar surface area (TPSA) is 37.4 Å². The minimum Gasteiger partial charge on any atom is -0.340 e. The molecule has 0 N–H and O–H groups in total. The summed E-state index contributed by atoms with van der Waals surface area (Å²) in [4.78, 5) is 24.9. The highest BCUT2D eigenvalue weighted by Gasteiger charge is 2.32. The quantitative estimate of drug-likeness (QED) is 0.668. The van der Waals surface area contributed by atoms with E-state index in [0.29, 0.717) is 18.4 Å². The van der Waals surface area contributed by atoms with Gasteiger partial charge < -0.3 is 4.90 Å². The summed E-state index contributed by atoms with van der Waals surface area (Å²) in [5.74, 6) is 1.42. The standard InChI is InChI=1S/C14H25NO2S/c1-4-5-6-7-11(2)15-9-13(8-14(15)17)10-18-12(3)16/h11,13H,4-10H2,1-3H3. The third-order valence-electron chi connectivity index (χ3n) is 3.52. The summed E-state index contributed by atoms with van der Waals surface area (Å²) in [6.07, 6.45) is 5.40. The molecule has 0 radical (unpaired) electrons. The third kappa shape index (κ3) is 5.01. The maximum atomic E-state index is 11.9. The molecule has 0 bridgehead atoms. The summed E-state index contributed by atoms with van der Waals surface area (Å²) < 4.78 is 0. The van der Waals surface area contributed by atoms with E-state index in [-0.39, 0.29) is 11.0 Å². The summed E-state index contributed by atoms with van der Waals surface area (Å²) in [5.41, 5.74) is 0. The molecule has 0 saturated carbocycles. The van der Waals surface area contributed by atoms with Gasteiger partial charge in [0.1, 0.15) is 0 Å². The Hall–Kier alpha value is -0.510. The fourth-order valence-electron chi connectivity index (χ4n) is 2.43. The van der Waals surface area contributed by atoms with E-state index >= 15 is 0 Å². The van der Waals surface area contributed by atoms with Crippen LogP contribution in [-0.4, -0.2) is 34.3 Å². The summed E-state index contributed by atoms with van der Waals surface area (Å²) in [6, 6.07) is 0.358. The number of carbonyl (C=O) groups is 2. The Morgan fingerprint density at radius 1 is 1.50 bits per heavy atom. The number of rotatable bonds is 7. The maximum absolute atomic E-state index is 11.9. The van der Waals surface area contributed by atoms with Crippen molar-refractivity contribution in [3.05, 3.63) is 0 Å². The molecule has 0 aromatic heterocycles. The van der Waals surface area contributed by atoms with Crippen molar-refractivity contribution < 1.29 is 9.59 Å². The van der Waals surface area contributed by atoms with Gasteiger partial charge in [0.15, 0.2) is 5.12 Å². The Labute approximate surface area is 115 Å². The van der Waals surface area contributed by atoms with E-state index in [0.717, 1.165) is 18.7 Å². The zero-order valence-electron chi connectivity index (χ0n) is 11.8. The second kappa shape index (κ2) is 7.82. The predicted octanol–water partition coefficient (Wildman–Crippen LogP) is 3.08. The molecule has 1 amide bonds. The van der Waals surface area contributed by atoms with Crippen LogP contribution in [0, 0.1) is 5.92 Å². The number of nitrogens with zero attached hydrogens (tertiary/aromatic N) is 1. The van der Waals surface area contributed by atoms with Crippen molar-refractivity contribution in [2.24, 2.45) is 5.92 Å². The Kier molecular flexibility index (Phi) is 6.76. The molecule has 0 aromatic carbocycles. The maximum Gasteiger partial charge on any atom is 0.223 e. The van der Waals surface area contributed by atoms with Crippen molar-refractivity contribution in [1.82, 2.24) is 4.90 Å². The highest BCUT2D eigenvalue weighted by molar-refractivity contribution is 8.13. The van der Waals surface area contributed by atoms with E-state index in [2.05, 4.69) is 13.8 Å². The van der Waals surface area contributed by atoms with Gasteiger partial charge in [-0.15, -0.1) is 0 Å². The molecule has 2 atom stereocenters. The Balaban J connectivity index is 2.34. The van der Waals surface area contributed by atoms with Gasteiger partial charge >= 0.3 is 0 Å². The van der Waals surface area contributed by atoms with Crippen LogP contribution in [0.1, 0.15) is 52.9 Å². The van der Waals surface area contributed by atoms with Crippen LogP contribution in [0.15, 0.2) is 0 Å². The van der Waals surface area contributed by atoms with Crippen molar-refractivity contribution in [2.75, 3.05) is 12.3 Å². The molecule has 4 heteroatoms. The van der Waals surface area contributed by atoms with Gasteiger partial charge in [-0.3, -0.25) is 9.59 Å². The summed E-state index contributed by atoms with van der Waals surface area (Å²) in [7, 11) is 0. The first-order chi connectivity index (χ1) is 8.54. The molecule has 0 spiro atoms. The molecule has 1 aliphatic rings. The van der Waals surface area contributed by atoms with Gasteiger partial charge in [0.05, 0.1) is 0 Å². The lowest BCUT2D eigenvalue weighted by molar-refractivity contribution is -0.129. The van der Waals surface area contributed by atoms with E-state index < -0.39 is 0 Å². The van der Waals surface area contributed by atoms with E-state index in [4.69, 9.17) is 0 Å². The van der Waals surface area contributed by atoms with Crippen LogP contribution >= 0.6 is 11.8 Å².